The topological polar surface area (TPSA) is 55.2 Å². The molecule has 0 amide bonds. The summed E-state index contributed by atoms with van der Waals surface area (Å²) in [6, 6.07) is 4.39. The van der Waals surface area contributed by atoms with Crippen molar-refractivity contribution in [1.82, 2.24) is 5.32 Å². The summed E-state index contributed by atoms with van der Waals surface area (Å²) in [4.78, 5) is 10.3. The Morgan fingerprint density at radius 3 is 2.90 bits per heavy atom. The molecule has 6 heteroatoms. The molecule has 106 valence electrons. The number of hydrogen-bond acceptors (Lipinski definition) is 3. The quantitative estimate of drug-likeness (QED) is 0.635. The molecule has 0 saturated carbocycles. The number of fused-ring (bicyclic) bond motifs is 2. The maximum atomic E-state index is 14.5. The lowest BCUT2D eigenvalue weighted by molar-refractivity contribution is -0.385. The van der Waals surface area contributed by atoms with Gasteiger partial charge in [0.2, 0.25) is 0 Å². The second-order valence-electron chi connectivity index (χ2n) is 5.72. The fourth-order valence-corrected chi connectivity index (χ4v) is 3.04. The molecular weight excluding hydrogens is 266 g/mol. The van der Waals surface area contributed by atoms with Crippen molar-refractivity contribution in [2.45, 2.75) is 37.1 Å². The van der Waals surface area contributed by atoms with E-state index in [9.17, 15) is 18.9 Å². The first-order valence-corrected chi connectivity index (χ1v) is 6.35. The molecule has 0 unspecified atom stereocenters. The highest BCUT2D eigenvalue weighted by molar-refractivity contribution is 5.53. The molecule has 4 nitrogen and oxygen atoms in total. The number of benzene rings is 1. The van der Waals surface area contributed by atoms with Gasteiger partial charge < -0.3 is 5.32 Å². The zero-order valence-electron chi connectivity index (χ0n) is 11.0. The molecule has 1 aliphatic heterocycles. The van der Waals surface area contributed by atoms with Crippen LogP contribution in [0.25, 0.3) is 0 Å². The number of nitro groups is 1. The number of rotatable bonds is 1. The molecule has 0 bridgehead atoms. The first-order chi connectivity index (χ1) is 9.26. The van der Waals surface area contributed by atoms with Crippen molar-refractivity contribution in [3.63, 3.8) is 0 Å². The number of allylic oxidation sites excluding steroid dienone is 1. The molecule has 1 aliphatic carbocycles. The van der Waals surface area contributed by atoms with Crippen molar-refractivity contribution in [2.24, 2.45) is 0 Å². The van der Waals surface area contributed by atoms with Crippen LogP contribution >= 0.6 is 0 Å². The van der Waals surface area contributed by atoms with Crippen LogP contribution in [0.15, 0.2) is 30.5 Å². The van der Waals surface area contributed by atoms with E-state index in [1.807, 2.05) is 0 Å². The highest BCUT2D eigenvalue weighted by Crippen LogP contribution is 2.50. The number of hydrogen-bond donors (Lipinski definition) is 1. The van der Waals surface area contributed by atoms with Gasteiger partial charge in [-0.05, 0) is 18.1 Å². The lowest BCUT2D eigenvalue weighted by Gasteiger charge is -2.53. The standard InChI is InChI=1S/C14H14F2N2O2/c1-8-13(2,16)7-12(15)14(17-8)6-9-3-4-10(18(19)20)5-11(9)14/h3-5,12,17H,1,6-7H2,2H3/t12-,13-,14+/m0/s1. The first-order valence-electron chi connectivity index (χ1n) is 6.35. The zero-order valence-corrected chi connectivity index (χ0v) is 11.0. The van der Waals surface area contributed by atoms with E-state index < -0.39 is 22.3 Å². The Bertz CT molecular complexity index is 630. The van der Waals surface area contributed by atoms with E-state index >= 15 is 0 Å². The molecule has 0 radical (unpaired) electrons. The molecule has 0 aromatic heterocycles. The predicted molar refractivity (Wildman–Crippen MR) is 69.8 cm³/mol. The zero-order chi connectivity index (χ0) is 14.7. The van der Waals surface area contributed by atoms with Crippen molar-refractivity contribution >= 4 is 5.69 Å². The van der Waals surface area contributed by atoms with Crippen molar-refractivity contribution in [1.29, 1.82) is 0 Å². The van der Waals surface area contributed by atoms with Gasteiger partial charge in [-0.15, -0.1) is 0 Å². The summed E-state index contributed by atoms with van der Waals surface area (Å²) in [7, 11) is 0. The monoisotopic (exact) mass is 280 g/mol. The molecule has 1 aromatic rings. The van der Waals surface area contributed by atoms with Crippen LogP contribution in [0.5, 0.6) is 0 Å². The average molecular weight is 280 g/mol. The van der Waals surface area contributed by atoms with Crippen molar-refractivity contribution < 1.29 is 13.7 Å². The number of non-ortho nitro benzene ring substituents is 1. The molecule has 2 aliphatic rings. The van der Waals surface area contributed by atoms with Crippen LogP contribution in [0.1, 0.15) is 24.5 Å². The van der Waals surface area contributed by atoms with E-state index in [2.05, 4.69) is 11.9 Å². The van der Waals surface area contributed by atoms with Crippen LogP contribution in [-0.2, 0) is 12.0 Å². The summed E-state index contributed by atoms with van der Waals surface area (Å²) in [6.45, 7) is 4.91. The fraction of sp³-hybridized carbons (Fsp3) is 0.429. The third kappa shape index (κ3) is 1.57. The van der Waals surface area contributed by atoms with E-state index in [-0.39, 0.29) is 17.8 Å². The summed E-state index contributed by atoms with van der Waals surface area (Å²) >= 11 is 0. The largest absolute Gasteiger partial charge is 0.374 e. The average Bonchev–Trinajstić information content (AvgIpc) is 2.32. The van der Waals surface area contributed by atoms with Crippen molar-refractivity contribution in [3.8, 4) is 0 Å². The molecule has 1 aromatic carbocycles. The fourth-order valence-electron chi connectivity index (χ4n) is 3.04. The number of nitrogens with one attached hydrogen (secondary N) is 1. The van der Waals surface area contributed by atoms with Gasteiger partial charge in [0.05, 0.1) is 10.5 Å². The van der Waals surface area contributed by atoms with Crippen LogP contribution in [0.3, 0.4) is 0 Å². The second-order valence-corrected chi connectivity index (χ2v) is 5.72. The molecule has 1 N–H and O–H groups in total. The summed E-state index contributed by atoms with van der Waals surface area (Å²) < 4.78 is 28.5. The van der Waals surface area contributed by atoms with E-state index in [1.165, 1.54) is 19.1 Å². The van der Waals surface area contributed by atoms with Gasteiger partial charge >= 0.3 is 0 Å². The summed E-state index contributed by atoms with van der Waals surface area (Å²) in [5, 5.41) is 13.6. The van der Waals surface area contributed by atoms with Crippen LogP contribution in [0.4, 0.5) is 14.5 Å². The third-order valence-corrected chi connectivity index (χ3v) is 4.35. The Morgan fingerprint density at radius 1 is 1.55 bits per heavy atom. The highest BCUT2D eigenvalue weighted by atomic mass is 19.2. The van der Waals surface area contributed by atoms with Crippen LogP contribution in [-0.4, -0.2) is 16.8 Å². The van der Waals surface area contributed by atoms with Crippen LogP contribution in [0, 0.1) is 10.1 Å². The predicted octanol–water partition coefficient (Wildman–Crippen LogP) is 2.92. The Labute approximate surface area is 114 Å². The minimum absolute atomic E-state index is 0.0870. The van der Waals surface area contributed by atoms with Gasteiger partial charge in [-0.3, -0.25) is 10.1 Å². The summed E-state index contributed by atoms with van der Waals surface area (Å²) in [5.74, 6) is 0. The van der Waals surface area contributed by atoms with E-state index in [1.54, 1.807) is 6.07 Å². The second kappa shape index (κ2) is 3.77. The van der Waals surface area contributed by atoms with E-state index in [4.69, 9.17) is 0 Å². The lowest BCUT2D eigenvalue weighted by atomic mass is 9.63. The van der Waals surface area contributed by atoms with Gasteiger partial charge in [-0.1, -0.05) is 12.6 Å². The first kappa shape index (κ1) is 13.0. The van der Waals surface area contributed by atoms with Crippen LogP contribution < -0.4 is 5.32 Å². The molecule has 1 saturated heterocycles. The normalized spacial score (nSPS) is 35.1. The molecule has 1 fully saturated rings. The number of halogens is 2. The Kier molecular flexibility index (Phi) is 2.46. The molecule has 20 heavy (non-hydrogen) atoms. The third-order valence-electron chi connectivity index (χ3n) is 4.35. The number of alkyl halides is 2. The van der Waals surface area contributed by atoms with Crippen molar-refractivity contribution in [2.75, 3.05) is 0 Å². The van der Waals surface area contributed by atoms with Crippen molar-refractivity contribution in [3.05, 3.63) is 51.7 Å². The van der Waals surface area contributed by atoms with E-state index in [0.29, 0.717) is 12.0 Å². The summed E-state index contributed by atoms with van der Waals surface area (Å²) in [5.41, 5.74) is -1.44. The van der Waals surface area contributed by atoms with Crippen LogP contribution in [0.2, 0.25) is 0 Å². The minimum Gasteiger partial charge on any atom is -0.374 e. The van der Waals surface area contributed by atoms with Gasteiger partial charge in [0, 0.05) is 30.7 Å². The van der Waals surface area contributed by atoms with Gasteiger partial charge in [0.1, 0.15) is 11.8 Å². The number of nitro benzene ring substituents is 1. The van der Waals surface area contributed by atoms with Gasteiger partial charge in [-0.2, -0.15) is 0 Å². The minimum atomic E-state index is -1.80. The highest BCUT2D eigenvalue weighted by Gasteiger charge is 2.56. The Hall–Kier alpha value is -1.98. The van der Waals surface area contributed by atoms with Gasteiger partial charge in [-0.25, -0.2) is 8.78 Å². The Morgan fingerprint density at radius 2 is 2.25 bits per heavy atom. The van der Waals surface area contributed by atoms with Gasteiger partial charge in [0.25, 0.3) is 5.69 Å². The Balaban J connectivity index is 2.02. The smallest absolute Gasteiger partial charge is 0.269 e. The van der Waals surface area contributed by atoms with E-state index in [0.717, 1.165) is 5.56 Å². The molecule has 3 rings (SSSR count). The SMILES string of the molecule is C=C1N[C@@]2(Cc3ccc([N+](=O)[O-])cc32)[C@@H](F)C[C@]1(C)F. The molecule has 1 spiro atoms. The molecule has 3 atom stereocenters. The number of nitrogens with zero attached hydrogens (tertiary/aromatic N) is 1. The number of piperidine rings is 1. The molecular formula is C14H14F2N2O2. The lowest BCUT2D eigenvalue weighted by Crippen LogP contribution is -2.63. The van der Waals surface area contributed by atoms with Gasteiger partial charge in [0.15, 0.2) is 0 Å². The molecule has 1 heterocycles. The summed E-state index contributed by atoms with van der Waals surface area (Å²) in [6.07, 6.45) is -1.35. The maximum absolute atomic E-state index is 14.5. The maximum Gasteiger partial charge on any atom is 0.269 e.